The molecule has 4 nitrogen and oxygen atoms in total. The minimum Gasteiger partial charge on any atom is -0.490 e. The van der Waals surface area contributed by atoms with Crippen molar-refractivity contribution >= 4 is 16.6 Å². The predicted octanol–water partition coefficient (Wildman–Crippen LogP) is 6.54. The van der Waals surface area contributed by atoms with Crippen LogP contribution in [-0.4, -0.2) is 42.2 Å². The van der Waals surface area contributed by atoms with E-state index in [-0.39, 0.29) is 0 Å². The summed E-state index contributed by atoms with van der Waals surface area (Å²) >= 11 is 0. The van der Waals surface area contributed by atoms with Crippen molar-refractivity contribution in [2.45, 2.75) is 59.1 Å². The number of pyridine rings is 1. The van der Waals surface area contributed by atoms with Gasteiger partial charge in [0.05, 0.1) is 6.10 Å². The number of hydrogen-bond donors (Lipinski definition) is 0. The smallest absolute Gasteiger partial charge is 0.128 e. The molecule has 1 saturated heterocycles. The van der Waals surface area contributed by atoms with E-state index in [0.717, 1.165) is 50.2 Å². The number of hydrogen-bond acceptors (Lipinski definition) is 4. The number of ether oxygens (including phenoxy) is 1. The van der Waals surface area contributed by atoms with Gasteiger partial charge in [0.1, 0.15) is 11.6 Å². The van der Waals surface area contributed by atoms with Gasteiger partial charge in [0.15, 0.2) is 0 Å². The van der Waals surface area contributed by atoms with Gasteiger partial charge in [-0.25, -0.2) is 4.98 Å². The fraction of sp³-hybridized carbons (Fsp3) is 0.500. The lowest BCUT2D eigenvalue weighted by Gasteiger charge is -2.37. The molecule has 4 heteroatoms. The van der Waals surface area contributed by atoms with Gasteiger partial charge < -0.3 is 9.64 Å². The van der Waals surface area contributed by atoms with E-state index < -0.39 is 0 Å². The summed E-state index contributed by atoms with van der Waals surface area (Å²) in [6, 6.07) is 19.7. The summed E-state index contributed by atoms with van der Waals surface area (Å²) in [5, 5.41) is 2.57. The van der Waals surface area contributed by atoms with Crippen LogP contribution in [0, 0.1) is 11.3 Å². The van der Waals surface area contributed by atoms with Crippen LogP contribution in [0.1, 0.15) is 52.0 Å². The summed E-state index contributed by atoms with van der Waals surface area (Å²) in [4.78, 5) is 9.43. The maximum atomic E-state index is 6.40. The molecule has 3 aromatic rings. The Balaban J connectivity index is 1.16. The van der Waals surface area contributed by atoms with Gasteiger partial charge in [-0.3, -0.25) is 4.90 Å². The van der Waals surface area contributed by atoms with Gasteiger partial charge in [-0.15, -0.1) is 0 Å². The maximum Gasteiger partial charge on any atom is 0.128 e. The molecule has 1 aliphatic carbocycles. The van der Waals surface area contributed by atoms with Crippen LogP contribution in [0.2, 0.25) is 0 Å². The summed E-state index contributed by atoms with van der Waals surface area (Å²) < 4.78 is 6.40. The van der Waals surface area contributed by atoms with Crippen LogP contribution in [0.15, 0.2) is 60.8 Å². The summed E-state index contributed by atoms with van der Waals surface area (Å²) in [7, 11) is 0. The minimum absolute atomic E-state index is 0.361. The highest BCUT2D eigenvalue weighted by Gasteiger charge is 2.30. The van der Waals surface area contributed by atoms with Crippen molar-refractivity contribution in [2.75, 3.05) is 31.1 Å². The quantitative estimate of drug-likeness (QED) is 0.435. The van der Waals surface area contributed by atoms with E-state index in [2.05, 4.69) is 84.1 Å². The summed E-state index contributed by atoms with van der Waals surface area (Å²) in [6.45, 7) is 12.3. The molecule has 1 saturated carbocycles. The monoisotopic (exact) mass is 457 g/mol. The van der Waals surface area contributed by atoms with Crippen LogP contribution in [0.3, 0.4) is 0 Å². The molecular weight excluding hydrogens is 418 g/mol. The van der Waals surface area contributed by atoms with Crippen molar-refractivity contribution < 1.29 is 4.74 Å². The van der Waals surface area contributed by atoms with Crippen molar-refractivity contribution in [3.8, 4) is 5.75 Å². The molecule has 1 aliphatic heterocycles. The second-order valence-corrected chi connectivity index (χ2v) is 11.3. The first kappa shape index (κ1) is 23.2. The molecule has 1 aromatic heterocycles. The van der Waals surface area contributed by atoms with Crippen molar-refractivity contribution in [1.82, 2.24) is 9.88 Å². The Morgan fingerprint density at radius 3 is 2.29 bits per heavy atom. The Kier molecular flexibility index (Phi) is 6.78. The summed E-state index contributed by atoms with van der Waals surface area (Å²) in [5.41, 5.74) is 1.80. The highest BCUT2D eigenvalue weighted by Crippen LogP contribution is 2.39. The van der Waals surface area contributed by atoms with E-state index in [1.165, 1.54) is 42.0 Å². The Morgan fingerprint density at radius 1 is 0.853 bits per heavy atom. The summed E-state index contributed by atoms with van der Waals surface area (Å²) in [5.74, 6) is 2.93. The molecule has 34 heavy (non-hydrogen) atoms. The first-order valence-corrected chi connectivity index (χ1v) is 13.0. The number of benzene rings is 2. The van der Waals surface area contributed by atoms with E-state index in [4.69, 9.17) is 4.74 Å². The van der Waals surface area contributed by atoms with Crippen LogP contribution in [-0.2, 0) is 6.54 Å². The zero-order chi connectivity index (χ0) is 23.5. The third-order valence-corrected chi connectivity index (χ3v) is 7.83. The molecule has 2 fully saturated rings. The second kappa shape index (κ2) is 9.95. The highest BCUT2D eigenvalue weighted by molar-refractivity contribution is 5.84. The zero-order valence-electron chi connectivity index (χ0n) is 21.0. The number of nitrogens with zero attached hydrogens (tertiary/aromatic N) is 3. The Bertz CT molecular complexity index is 1080. The lowest BCUT2D eigenvalue weighted by molar-refractivity contribution is 0.0883. The van der Waals surface area contributed by atoms with Gasteiger partial charge in [-0.1, -0.05) is 45.0 Å². The van der Waals surface area contributed by atoms with E-state index in [9.17, 15) is 0 Å². The van der Waals surface area contributed by atoms with Crippen molar-refractivity contribution in [1.29, 1.82) is 0 Å². The first-order chi connectivity index (χ1) is 16.4. The highest BCUT2D eigenvalue weighted by atomic mass is 16.5. The topological polar surface area (TPSA) is 28.6 Å². The number of aromatic nitrogens is 1. The maximum absolute atomic E-state index is 6.40. The van der Waals surface area contributed by atoms with Gasteiger partial charge in [0.25, 0.3) is 0 Å². The molecule has 0 atom stereocenters. The Hall–Kier alpha value is -2.59. The SMILES string of the molecule is CC(C)(C)[C@H]1CC[C@H](Oc2ccc3cc(CN4CCN(c5ccccn5)CC4)ccc3c2)CC1. The fourth-order valence-corrected chi connectivity index (χ4v) is 5.62. The average molecular weight is 458 g/mol. The molecule has 0 radical (unpaired) electrons. The number of fused-ring (bicyclic) bond motifs is 1. The molecule has 0 unspecified atom stereocenters. The van der Waals surface area contributed by atoms with Crippen molar-refractivity contribution in [2.24, 2.45) is 11.3 Å². The van der Waals surface area contributed by atoms with Crippen LogP contribution in [0.5, 0.6) is 5.75 Å². The molecule has 2 aromatic carbocycles. The number of rotatable bonds is 5. The molecular formula is C30H39N3O. The largest absolute Gasteiger partial charge is 0.490 e. The van der Waals surface area contributed by atoms with Crippen LogP contribution in [0.4, 0.5) is 5.82 Å². The minimum atomic E-state index is 0.361. The van der Waals surface area contributed by atoms with Crippen molar-refractivity contribution in [3.63, 3.8) is 0 Å². The standard InChI is InChI=1S/C30H39N3O/c1-30(2,3)26-10-13-27(14-11-26)34-28-12-9-24-20-23(7-8-25(24)21-28)22-32-16-18-33(19-17-32)29-6-4-5-15-31-29/h4-9,12,15,20-21,26-27H,10-11,13-14,16-19,22H2,1-3H3/t26-,27-. The normalized spacial score (nSPS) is 22.1. The van der Waals surface area contributed by atoms with Crippen molar-refractivity contribution in [3.05, 3.63) is 66.4 Å². The molecule has 5 rings (SSSR count). The third kappa shape index (κ3) is 5.55. The van der Waals surface area contributed by atoms with E-state index >= 15 is 0 Å². The lowest BCUT2D eigenvalue weighted by atomic mass is 9.72. The molecule has 180 valence electrons. The molecule has 0 amide bonds. The number of piperazine rings is 1. The second-order valence-electron chi connectivity index (χ2n) is 11.3. The Labute approximate surface area is 204 Å². The first-order valence-electron chi connectivity index (χ1n) is 13.0. The summed E-state index contributed by atoms with van der Waals surface area (Å²) in [6.07, 6.45) is 7.15. The van der Waals surface area contributed by atoms with Crippen LogP contribution < -0.4 is 9.64 Å². The zero-order valence-corrected chi connectivity index (χ0v) is 21.0. The van der Waals surface area contributed by atoms with E-state index in [1.807, 2.05) is 12.3 Å². The lowest BCUT2D eigenvalue weighted by Crippen LogP contribution is -2.46. The van der Waals surface area contributed by atoms with E-state index in [1.54, 1.807) is 0 Å². The Morgan fingerprint density at radius 2 is 1.59 bits per heavy atom. The fourth-order valence-electron chi connectivity index (χ4n) is 5.62. The van der Waals surface area contributed by atoms with Crippen LogP contribution in [0.25, 0.3) is 10.8 Å². The van der Waals surface area contributed by atoms with E-state index in [0.29, 0.717) is 11.5 Å². The number of anilines is 1. The van der Waals surface area contributed by atoms with Gasteiger partial charge in [-0.2, -0.15) is 0 Å². The average Bonchev–Trinajstić information content (AvgIpc) is 2.85. The van der Waals surface area contributed by atoms with Crippen LogP contribution >= 0.6 is 0 Å². The molecule has 2 heterocycles. The molecule has 2 aliphatic rings. The third-order valence-electron chi connectivity index (χ3n) is 7.83. The van der Waals surface area contributed by atoms with Gasteiger partial charge in [0, 0.05) is 38.9 Å². The molecule has 0 spiro atoms. The molecule has 0 N–H and O–H groups in total. The predicted molar refractivity (Wildman–Crippen MR) is 142 cm³/mol. The van der Waals surface area contributed by atoms with Gasteiger partial charge in [0.2, 0.25) is 0 Å². The van der Waals surface area contributed by atoms with Gasteiger partial charge in [-0.05, 0) is 83.7 Å². The molecule has 0 bridgehead atoms. The van der Waals surface area contributed by atoms with Gasteiger partial charge >= 0.3 is 0 Å².